The summed E-state index contributed by atoms with van der Waals surface area (Å²) in [6, 6.07) is 10.6. The largest absolute Gasteiger partial charge is 0.388 e. The molecule has 0 aromatic heterocycles. The Kier molecular flexibility index (Phi) is 3.81. The van der Waals surface area contributed by atoms with Crippen LogP contribution in [0.5, 0.6) is 0 Å². The Morgan fingerprint density at radius 2 is 2.06 bits per heavy atom. The third-order valence-electron chi connectivity index (χ3n) is 3.03. The molecule has 1 heteroatoms. The molecule has 0 saturated carbocycles. The molecule has 1 aliphatic rings. The average Bonchev–Trinajstić information content (AvgIpc) is 2.38. The summed E-state index contributed by atoms with van der Waals surface area (Å²) in [7, 11) is 0. The first-order valence-corrected chi connectivity index (χ1v) is 6.04. The second-order valence-electron chi connectivity index (χ2n) is 4.20. The van der Waals surface area contributed by atoms with Gasteiger partial charge in [0.15, 0.2) is 0 Å². The molecular weight excluding hydrogens is 194 g/mol. The Morgan fingerprint density at radius 1 is 1.25 bits per heavy atom. The fourth-order valence-corrected chi connectivity index (χ4v) is 2.21. The van der Waals surface area contributed by atoms with Crippen LogP contribution in [0.25, 0.3) is 5.57 Å². The van der Waals surface area contributed by atoms with E-state index >= 15 is 0 Å². The summed E-state index contributed by atoms with van der Waals surface area (Å²) in [5.41, 5.74) is 4.15. The number of allylic oxidation sites excluding steroid dienone is 3. The maximum absolute atomic E-state index is 3.86. The lowest BCUT2D eigenvalue weighted by molar-refractivity contribution is 0.589. The molecule has 0 bridgehead atoms. The topological polar surface area (TPSA) is 12.0 Å². The van der Waals surface area contributed by atoms with Crippen LogP contribution in [0.2, 0.25) is 0 Å². The molecule has 1 N–H and O–H groups in total. The Balaban J connectivity index is 2.32. The zero-order valence-electron chi connectivity index (χ0n) is 9.71. The molecule has 2 rings (SSSR count). The standard InChI is InChI=1S/C15H19N/c1-2-8-14(13-9-4-3-5-10-13)15-11-6-7-12-16-15/h2-5,9-10,16H,1,6-8,11-12H2/b15-14+. The maximum Gasteiger partial charge on any atom is 0.0148 e. The highest BCUT2D eigenvalue weighted by molar-refractivity contribution is 5.69. The quantitative estimate of drug-likeness (QED) is 0.754. The van der Waals surface area contributed by atoms with E-state index in [-0.39, 0.29) is 0 Å². The van der Waals surface area contributed by atoms with Crippen LogP contribution in [0.1, 0.15) is 31.2 Å². The second-order valence-corrected chi connectivity index (χ2v) is 4.20. The summed E-state index contributed by atoms with van der Waals surface area (Å²) in [5.74, 6) is 0. The van der Waals surface area contributed by atoms with Crippen molar-refractivity contribution in [2.45, 2.75) is 25.7 Å². The molecule has 0 atom stereocenters. The minimum absolute atomic E-state index is 0.951. The van der Waals surface area contributed by atoms with Gasteiger partial charge in [0.25, 0.3) is 0 Å². The third-order valence-corrected chi connectivity index (χ3v) is 3.03. The number of nitrogens with one attached hydrogen (secondary N) is 1. The van der Waals surface area contributed by atoms with E-state index in [1.54, 1.807) is 0 Å². The number of rotatable bonds is 3. The predicted molar refractivity (Wildman–Crippen MR) is 70.0 cm³/mol. The van der Waals surface area contributed by atoms with E-state index in [1.807, 2.05) is 6.08 Å². The maximum atomic E-state index is 3.86. The summed E-state index contributed by atoms with van der Waals surface area (Å²) < 4.78 is 0. The first-order chi connectivity index (χ1) is 7.92. The molecule has 1 nitrogen and oxygen atoms in total. The molecule has 16 heavy (non-hydrogen) atoms. The van der Waals surface area contributed by atoms with Crippen LogP contribution in [-0.2, 0) is 0 Å². The third kappa shape index (κ3) is 2.54. The molecular formula is C15H19N. The lowest BCUT2D eigenvalue weighted by atomic mass is 9.96. The normalized spacial score (nSPS) is 18.8. The minimum atomic E-state index is 0.951. The minimum Gasteiger partial charge on any atom is -0.388 e. The van der Waals surface area contributed by atoms with Crippen molar-refractivity contribution in [3.63, 3.8) is 0 Å². The molecule has 0 unspecified atom stereocenters. The van der Waals surface area contributed by atoms with Gasteiger partial charge in [0.1, 0.15) is 0 Å². The van der Waals surface area contributed by atoms with Crippen LogP contribution in [0.4, 0.5) is 0 Å². The van der Waals surface area contributed by atoms with E-state index in [2.05, 4.69) is 42.2 Å². The van der Waals surface area contributed by atoms with Crippen molar-refractivity contribution in [2.75, 3.05) is 6.54 Å². The highest BCUT2D eigenvalue weighted by atomic mass is 14.9. The van der Waals surface area contributed by atoms with Gasteiger partial charge in [0.05, 0.1) is 0 Å². The zero-order valence-corrected chi connectivity index (χ0v) is 9.71. The SMILES string of the molecule is C=CC/C(=C1/CCCCN1)c1ccccc1. The first kappa shape index (κ1) is 11.0. The number of benzene rings is 1. The summed E-state index contributed by atoms with van der Waals surface area (Å²) in [6.07, 6.45) is 6.71. The van der Waals surface area contributed by atoms with Crippen LogP contribution in [0.3, 0.4) is 0 Å². The van der Waals surface area contributed by atoms with E-state index in [0.717, 1.165) is 13.0 Å². The van der Waals surface area contributed by atoms with Crippen molar-refractivity contribution in [2.24, 2.45) is 0 Å². The summed E-state index contributed by atoms with van der Waals surface area (Å²) in [4.78, 5) is 0. The molecule has 1 fully saturated rings. The molecule has 1 saturated heterocycles. The first-order valence-electron chi connectivity index (χ1n) is 6.04. The summed E-state index contributed by atoms with van der Waals surface area (Å²) >= 11 is 0. The Bertz CT molecular complexity index is 368. The highest BCUT2D eigenvalue weighted by Gasteiger charge is 2.10. The Labute approximate surface area is 97.9 Å². The molecule has 0 amide bonds. The smallest absolute Gasteiger partial charge is 0.0148 e. The van der Waals surface area contributed by atoms with Gasteiger partial charge < -0.3 is 5.32 Å². The van der Waals surface area contributed by atoms with Crippen molar-refractivity contribution in [3.8, 4) is 0 Å². The summed E-state index contributed by atoms with van der Waals surface area (Å²) in [6.45, 7) is 4.97. The molecule has 1 aromatic rings. The van der Waals surface area contributed by atoms with Crippen LogP contribution in [-0.4, -0.2) is 6.54 Å². The lowest BCUT2D eigenvalue weighted by Gasteiger charge is -2.21. The van der Waals surface area contributed by atoms with Gasteiger partial charge in [-0.05, 0) is 36.8 Å². The van der Waals surface area contributed by atoms with Gasteiger partial charge in [-0.3, -0.25) is 0 Å². The van der Waals surface area contributed by atoms with Crippen molar-refractivity contribution in [1.29, 1.82) is 0 Å². The van der Waals surface area contributed by atoms with Gasteiger partial charge in [0, 0.05) is 12.2 Å². The summed E-state index contributed by atoms with van der Waals surface area (Å²) in [5, 5.41) is 3.53. The highest BCUT2D eigenvalue weighted by Crippen LogP contribution is 2.26. The number of piperidine rings is 1. The molecule has 0 spiro atoms. The van der Waals surface area contributed by atoms with Crippen LogP contribution < -0.4 is 5.32 Å². The van der Waals surface area contributed by atoms with Gasteiger partial charge >= 0.3 is 0 Å². The van der Waals surface area contributed by atoms with Gasteiger partial charge in [-0.25, -0.2) is 0 Å². The molecule has 0 radical (unpaired) electrons. The van der Waals surface area contributed by atoms with E-state index < -0.39 is 0 Å². The van der Waals surface area contributed by atoms with E-state index in [1.165, 1.54) is 36.1 Å². The van der Waals surface area contributed by atoms with Crippen LogP contribution >= 0.6 is 0 Å². The van der Waals surface area contributed by atoms with Gasteiger partial charge in [-0.2, -0.15) is 0 Å². The lowest BCUT2D eigenvalue weighted by Crippen LogP contribution is -2.21. The van der Waals surface area contributed by atoms with Gasteiger partial charge in [-0.15, -0.1) is 6.58 Å². The monoisotopic (exact) mass is 213 g/mol. The van der Waals surface area contributed by atoms with Crippen molar-refractivity contribution < 1.29 is 0 Å². The molecule has 1 heterocycles. The number of hydrogen-bond donors (Lipinski definition) is 1. The fraction of sp³-hybridized carbons (Fsp3) is 0.333. The van der Waals surface area contributed by atoms with Crippen LogP contribution in [0.15, 0.2) is 48.7 Å². The Morgan fingerprint density at radius 3 is 2.69 bits per heavy atom. The average molecular weight is 213 g/mol. The predicted octanol–water partition coefficient (Wildman–Crippen LogP) is 3.75. The molecule has 1 aromatic carbocycles. The van der Waals surface area contributed by atoms with Crippen molar-refractivity contribution in [3.05, 3.63) is 54.2 Å². The molecule has 0 aliphatic carbocycles. The van der Waals surface area contributed by atoms with Gasteiger partial charge in [0.2, 0.25) is 0 Å². The van der Waals surface area contributed by atoms with E-state index in [9.17, 15) is 0 Å². The molecule has 1 aliphatic heterocycles. The van der Waals surface area contributed by atoms with Crippen molar-refractivity contribution >= 4 is 5.57 Å². The Hall–Kier alpha value is -1.50. The van der Waals surface area contributed by atoms with E-state index in [0.29, 0.717) is 0 Å². The fourth-order valence-electron chi connectivity index (χ4n) is 2.21. The number of hydrogen-bond acceptors (Lipinski definition) is 1. The van der Waals surface area contributed by atoms with Gasteiger partial charge in [-0.1, -0.05) is 36.4 Å². The van der Waals surface area contributed by atoms with Crippen LogP contribution in [0, 0.1) is 0 Å². The zero-order chi connectivity index (χ0) is 11.2. The van der Waals surface area contributed by atoms with E-state index in [4.69, 9.17) is 0 Å². The van der Waals surface area contributed by atoms with Crippen molar-refractivity contribution in [1.82, 2.24) is 5.32 Å². The second kappa shape index (κ2) is 5.55. The molecule has 84 valence electrons.